The summed E-state index contributed by atoms with van der Waals surface area (Å²) in [7, 11) is 0. The molecule has 31 heavy (non-hydrogen) atoms. The number of piperidine rings is 1. The maximum absolute atomic E-state index is 12.6. The molecule has 0 aromatic heterocycles. The average molecular weight is 423 g/mol. The molecule has 3 heterocycles. The van der Waals surface area contributed by atoms with Crippen molar-refractivity contribution in [2.75, 3.05) is 25.0 Å². The molecule has 0 aliphatic carbocycles. The van der Waals surface area contributed by atoms with E-state index in [2.05, 4.69) is 24.5 Å². The molecular formula is C24H30N4O3. The van der Waals surface area contributed by atoms with Crippen molar-refractivity contribution in [3.8, 4) is 5.75 Å². The van der Waals surface area contributed by atoms with Gasteiger partial charge in [-0.1, -0.05) is 13.8 Å². The highest BCUT2D eigenvalue weighted by Gasteiger charge is 2.25. The van der Waals surface area contributed by atoms with Gasteiger partial charge in [-0.3, -0.25) is 9.69 Å². The summed E-state index contributed by atoms with van der Waals surface area (Å²) in [4.78, 5) is 28.5. The lowest BCUT2D eigenvalue weighted by Crippen LogP contribution is -2.44. The van der Waals surface area contributed by atoms with Crippen LogP contribution in [0.15, 0.2) is 60.1 Å². The third-order valence-electron chi connectivity index (χ3n) is 5.61. The van der Waals surface area contributed by atoms with E-state index in [4.69, 9.17) is 4.74 Å². The highest BCUT2D eigenvalue weighted by Crippen LogP contribution is 2.25. The number of likely N-dealkylation sites (tertiary alicyclic amines) is 1. The Bertz CT molecular complexity index is 917. The molecule has 4 rings (SSSR count). The predicted molar refractivity (Wildman–Crippen MR) is 120 cm³/mol. The van der Waals surface area contributed by atoms with Gasteiger partial charge in [-0.25, -0.2) is 4.79 Å². The third-order valence-corrected chi connectivity index (χ3v) is 5.61. The zero-order chi connectivity index (χ0) is 21.8. The lowest BCUT2D eigenvalue weighted by atomic mass is 10.1. The number of urea groups is 1. The van der Waals surface area contributed by atoms with Crippen LogP contribution in [0.3, 0.4) is 0 Å². The van der Waals surface area contributed by atoms with Crippen molar-refractivity contribution in [1.29, 1.82) is 0 Å². The number of carbonyl (C=O) groups is 2. The number of nitrogens with one attached hydrogen (secondary N) is 2. The summed E-state index contributed by atoms with van der Waals surface area (Å²) in [6, 6.07) is 7.24. The SMILES string of the molecule is CC(C)CC(=O)N1CCCC(Oc2ccc(NC(=O)N3C=C4C=CNC=C4C3)cc2)C1. The highest BCUT2D eigenvalue weighted by atomic mass is 16.5. The smallest absolute Gasteiger partial charge is 0.326 e. The number of hydrogen-bond acceptors (Lipinski definition) is 4. The van der Waals surface area contributed by atoms with Crippen LogP contribution in [0.1, 0.15) is 33.1 Å². The van der Waals surface area contributed by atoms with Crippen LogP contribution in [0.2, 0.25) is 0 Å². The van der Waals surface area contributed by atoms with Crippen molar-refractivity contribution < 1.29 is 14.3 Å². The van der Waals surface area contributed by atoms with Crippen LogP contribution >= 0.6 is 0 Å². The molecule has 0 radical (unpaired) electrons. The minimum absolute atomic E-state index is 0.000174. The Balaban J connectivity index is 1.29. The molecule has 7 heteroatoms. The van der Waals surface area contributed by atoms with Gasteiger partial charge < -0.3 is 20.3 Å². The molecule has 0 saturated carbocycles. The summed E-state index contributed by atoms with van der Waals surface area (Å²) in [5.74, 6) is 1.32. The summed E-state index contributed by atoms with van der Waals surface area (Å²) >= 11 is 0. The summed E-state index contributed by atoms with van der Waals surface area (Å²) in [5, 5.41) is 5.97. The molecule has 1 unspecified atom stereocenters. The molecule has 1 fully saturated rings. The van der Waals surface area contributed by atoms with Gasteiger partial charge in [-0.05, 0) is 60.2 Å². The first-order valence-corrected chi connectivity index (χ1v) is 10.9. The monoisotopic (exact) mass is 422 g/mol. The summed E-state index contributed by atoms with van der Waals surface area (Å²) < 4.78 is 6.12. The minimum atomic E-state index is -0.170. The number of hydrogen-bond donors (Lipinski definition) is 2. The Morgan fingerprint density at radius 3 is 2.81 bits per heavy atom. The van der Waals surface area contributed by atoms with E-state index in [0.29, 0.717) is 31.1 Å². The van der Waals surface area contributed by atoms with Crippen molar-refractivity contribution in [3.05, 3.63) is 60.1 Å². The molecule has 1 saturated heterocycles. The largest absolute Gasteiger partial charge is 0.489 e. The molecule has 3 aliphatic heterocycles. The normalized spacial score (nSPS) is 20.0. The van der Waals surface area contributed by atoms with E-state index in [1.807, 2.05) is 53.8 Å². The fourth-order valence-corrected chi connectivity index (χ4v) is 4.01. The number of rotatable bonds is 5. The molecule has 3 amide bonds. The molecule has 1 atom stereocenters. The molecule has 164 valence electrons. The molecule has 2 N–H and O–H groups in total. The van der Waals surface area contributed by atoms with Gasteiger partial charge in [-0.15, -0.1) is 0 Å². The number of amides is 3. The molecule has 0 spiro atoms. The summed E-state index contributed by atoms with van der Waals surface area (Å²) in [6.07, 6.45) is 10.0. The number of dihydropyridines is 1. The van der Waals surface area contributed by atoms with Crippen LogP contribution in [0.5, 0.6) is 5.75 Å². The molecular weight excluding hydrogens is 392 g/mol. The topological polar surface area (TPSA) is 73.9 Å². The van der Waals surface area contributed by atoms with E-state index in [9.17, 15) is 9.59 Å². The van der Waals surface area contributed by atoms with Crippen molar-refractivity contribution in [3.63, 3.8) is 0 Å². The maximum Gasteiger partial charge on any atom is 0.326 e. The number of ether oxygens (including phenoxy) is 1. The first-order valence-electron chi connectivity index (χ1n) is 10.9. The number of anilines is 1. The van der Waals surface area contributed by atoms with Crippen molar-refractivity contribution in [2.45, 2.75) is 39.2 Å². The molecule has 0 bridgehead atoms. The van der Waals surface area contributed by atoms with E-state index in [1.165, 1.54) is 0 Å². The lowest BCUT2D eigenvalue weighted by molar-refractivity contribution is -0.134. The van der Waals surface area contributed by atoms with Gasteiger partial charge in [0.25, 0.3) is 0 Å². The van der Waals surface area contributed by atoms with Crippen molar-refractivity contribution >= 4 is 17.6 Å². The third kappa shape index (κ3) is 5.29. The standard InChI is InChI=1S/C24H30N4O3/c1-17(2)12-23(29)27-11-3-4-22(16-27)31-21-7-5-20(6-8-21)26-24(30)28-14-18-9-10-25-13-19(18)15-28/h5-10,13-14,17,22,25H,3-4,11-12,15-16H2,1-2H3,(H,26,30). The second-order valence-electron chi connectivity index (χ2n) is 8.66. The van der Waals surface area contributed by atoms with Gasteiger partial charge >= 0.3 is 6.03 Å². The fourth-order valence-electron chi connectivity index (χ4n) is 4.01. The molecule has 1 aromatic rings. The lowest BCUT2D eigenvalue weighted by Gasteiger charge is -2.33. The first kappa shape index (κ1) is 21.0. The fraction of sp³-hybridized carbons (Fsp3) is 0.417. The maximum atomic E-state index is 12.6. The zero-order valence-corrected chi connectivity index (χ0v) is 18.1. The van der Waals surface area contributed by atoms with Crippen LogP contribution in [0.4, 0.5) is 10.5 Å². The van der Waals surface area contributed by atoms with E-state index in [-0.39, 0.29) is 18.0 Å². The first-order chi connectivity index (χ1) is 15.0. The Morgan fingerprint density at radius 2 is 2.06 bits per heavy atom. The molecule has 3 aliphatic rings. The van der Waals surface area contributed by atoms with Crippen molar-refractivity contribution in [2.24, 2.45) is 5.92 Å². The predicted octanol–water partition coefficient (Wildman–Crippen LogP) is 3.83. The van der Waals surface area contributed by atoms with Crippen LogP contribution in [0.25, 0.3) is 0 Å². The zero-order valence-electron chi connectivity index (χ0n) is 18.1. The Labute approximate surface area is 183 Å². The Kier molecular flexibility index (Phi) is 6.30. The summed E-state index contributed by atoms with van der Waals surface area (Å²) in [6.45, 7) is 6.12. The Morgan fingerprint density at radius 1 is 1.26 bits per heavy atom. The number of allylic oxidation sites excluding steroid dienone is 1. The van der Waals surface area contributed by atoms with Gasteiger partial charge in [0.05, 0.1) is 13.1 Å². The van der Waals surface area contributed by atoms with E-state index in [0.717, 1.165) is 36.3 Å². The minimum Gasteiger partial charge on any atom is -0.489 e. The number of nitrogens with zero attached hydrogens (tertiary/aromatic N) is 2. The van der Waals surface area contributed by atoms with Gasteiger partial charge in [-0.2, -0.15) is 0 Å². The van der Waals surface area contributed by atoms with E-state index < -0.39 is 0 Å². The van der Waals surface area contributed by atoms with E-state index >= 15 is 0 Å². The highest BCUT2D eigenvalue weighted by molar-refractivity contribution is 5.91. The molecule has 7 nitrogen and oxygen atoms in total. The average Bonchev–Trinajstić information content (AvgIpc) is 3.19. The van der Waals surface area contributed by atoms with Gasteiger partial charge in [0, 0.05) is 37.3 Å². The van der Waals surface area contributed by atoms with Crippen LogP contribution in [0, 0.1) is 5.92 Å². The number of fused-ring (bicyclic) bond motifs is 1. The Hall–Kier alpha value is -3.22. The number of carbonyl (C=O) groups excluding carboxylic acids is 2. The van der Waals surface area contributed by atoms with Gasteiger partial charge in [0.15, 0.2) is 0 Å². The number of benzene rings is 1. The van der Waals surface area contributed by atoms with E-state index in [1.54, 1.807) is 4.90 Å². The van der Waals surface area contributed by atoms with Crippen LogP contribution < -0.4 is 15.4 Å². The van der Waals surface area contributed by atoms with Gasteiger partial charge in [0.1, 0.15) is 11.9 Å². The second kappa shape index (κ2) is 9.29. The summed E-state index contributed by atoms with van der Waals surface area (Å²) in [5.41, 5.74) is 2.85. The van der Waals surface area contributed by atoms with Gasteiger partial charge in [0.2, 0.25) is 5.91 Å². The van der Waals surface area contributed by atoms with Crippen LogP contribution in [-0.2, 0) is 4.79 Å². The van der Waals surface area contributed by atoms with Crippen molar-refractivity contribution in [1.82, 2.24) is 15.1 Å². The molecule has 1 aromatic carbocycles. The van der Waals surface area contributed by atoms with Crippen LogP contribution in [-0.4, -0.2) is 47.5 Å². The quantitative estimate of drug-likeness (QED) is 0.756. The second-order valence-corrected chi connectivity index (χ2v) is 8.66.